The van der Waals surface area contributed by atoms with Crippen molar-refractivity contribution in [1.82, 2.24) is 9.80 Å². The molecule has 1 aliphatic heterocycles. The number of carbonyl (C=O) groups is 2. The summed E-state index contributed by atoms with van der Waals surface area (Å²) in [7, 11) is 3.20. The Bertz CT molecular complexity index is 302. The molecule has 1 fully saturated rings. The van der Waals surface area contributed by atoms with Crippen LogP contribution in [0.1, 0.15) is 26.2 Å². The molecule has 0 spiro atoms. The van der Waals surface area contributed by atoms with E-state index >= 15 is 0 Å². The maximum Gasteiger partial charge on any atom is 0.326 e. The number of urea groups is 1. The summed E-state index contributed by atoms with van der Waals surface area (Å²) in [6, 6.07) is -1.05. The van der Waals surface area contributed by atoms with Crippen molar-refractivity contribution in [3.8, 4) is 0 Å². The highest BCUT2D eigenvalue weighted by atomic mass is 16.5. The standard InChI is InChI=1S/C12H22N2O4/c1-4-10(11(15)16)14(3)12(17)13(2)8-9-6-5-7-18-9/h9-10H,4-8H2,1-3H3,(H,15,16). The summed E-state index contributed by atoms with van der Waals surface area (Å²) >= 11 is 0. The fourth-order valence-corrected chi connectivity index (χ4v) is 2.19. The van der Waals surface area contributed by atoms with Crippen LogP contribution in [0, 0.1) is 0 Å². The van der Waals surface area contributed by atoms with E-state index < -0.39 is 12.0 Å². The van der Waals surface area contributed by atoms with Crippen LogP contribution >= 0.6 is 0 Å². The third-order valence-electron chi connectivity index (χ3n) is 3.27. The minimum absolute atomic E-state index is 0.0808. The molecule has 0 aliphatic carbocycles. The van der Waals surface area contributed by atoms with Crippen molar-refractivity contribution in [1.29, 1.82) is 0 Å². The Kier molecular flexibility index (Phi) is 5.40. The summed E-state index contributed by atoms with van der Waals surface area (Å²) in [5.41, 5.74) is 0. The molecule has 1 heterocycles. The third kappa shape index (κ3) is 3.60. The van der Waals surface area contributed by atoms with E-state index in [0.29, 0.717) is 13.0 Å². The number of aliphatic carboxylic acids is 1. The molecule has 18 heavy (non-hydrogen) atoms. The maximum atomic E-state index is 12.1. The maximum absolute atomic E-state index is 12.1. The summed E-state index contributed by atoms with van der Waals surface area (Å²) in [6.45, 7) is 3.01. The summed E-state index contributed by atoms with van der Waals surface area (Å²) in [4.78, 5) is 25.9. The minimum atomic E-state index is -0.973. The summed E-state index contributed by atoms with van der Waals surface area (Å²) < 4.78 is 5.46. The van der Waals surface area contributed by atoms with Crippen molar-refractivity contribution in [2.45, 2.75) is 38.3 Å². The summed E-state index contributed by atoms with van der Waals surface area (Å²) in [6.07, 6.45) is 2.45. The van der Waals surface area contributed by atoms with Crippen LogP contribution in [0.15, 0.2) is 0 Å². The Hall–Kier alpha value is -1.30. The molecule has 1 rings (SSSR count). The van der Waals surface area contributed by atoms with Gasteiger partial charge in [0, 0.05) is 27.2 Å². The zero-order valence-corrected chi connectivity index (χ0v) is 11.3. The second-order valence-electron chi connectivity index (χ2n) is 4.67. The minimum Gasteiger partial charge on any atom is -0.480 e. The van der Waals surface area contributed by atoms with E-state index in [-0.39, 0.29) is 12.1 Å². The predicted molar refractivity (Wildman–Crippen MR) is 66.5 cm³/mol. The smallest absolute Gasteiger partial charge is 0.326 e. The van der Waals surface area contributed by atoms with Crippen LogP contribution < -0.4 is 0 Å². The van der Waals surface area contributed by atoms with Gasteiger partial charge in [-0.3, -0.25) is 0 Å². The molecular formula is C12H22N2O4. The van der Waals surface area contributed by atoms with E-state index in [0.717, 1.165) is 19.4 Å². The Morgan fingerprint density at radius 2 is 2.11 bits per heavy atom. The van der Waals surface area contributed by atoms with Crippen molar-refractivity contribution >= 4 is 12.0 Å². The fraction of sp³-hybridized carbons (Fsp3) is 0.833. The lowest BCUT2D eigenvalue weighted by atomic mass is 10.2. The highest BCUT2D eigenvalue weighted by Gasteiger charge is 2.28. The Labute approximate surface area is 107 Å². The molecule has 0 radical (unpaired) electrons. The van der Waals surface area contributed by atoms with E-state index in [1.165, 1.54) is 16.8 Å². The van der Waals surface area contributed by atoms with Crippen LogP contribution in [-0.4, -0.2) is 66.3 Å². The molecule has 0 saturated carbocycles. The van der Waals surface area contributed by atoms with Crippen molar-refractivity contribution in [2.24, 2.45) is 0 Å². The number of hydrogen-bond donors (Lipinski definition) is 1. The number of ether oxygens (including phenoxy) is 1. The lowest BCUT2D eigenvalue weighted by molar-refractivity contribution is -0.142. The van der Waals surface area contributed by atoms with Gasteiger partial charge in [0.15, 0.2) is 0 Å². The van der Waals surface area contributed by atoms with Gasteiger partial charge in [-0.2, -0.15) is 0 Å². The molecule has 2 atom stereocenters. The first-order chi connectivity index (χ1) is 8.47. The number of likely N-dealkylation sites (N-methyl/N-ethyl adjacent to an activating group) is 2. The quantitative estimate of drug-likeness (QED) is 0.799. The van der Waals surface area contributed by atoms with Crippen LogP contribution in [0.25, 0.3) is 0 Å². The fourth-order valence-electron chi connectivity index (χ4n) is 2.19. The van der Waals surface area contributed by atoms with Crippen LogP contribution in [0.5, 0.6) is 0 Å². The zero-order chi connectivity index (χ0) is 13.7. The highest BCUT2D eigenvalue weighted by Crippen LogP contribution is 2.14. The molecule has 0 aromatic rings. The number of carboxylic acid groups (broad SMARTS) is 1. The number of amides is 2. The van der Waals surface area contributed by atoms with Gasteiger partial charge in [-0.05, 0) is 19.3 Å². The van der Waals surface area contributed by atoms with Crippen molar-refractivity contribution in [3.63, 3.8) is 0 Å². The molecule has 104 valence electrons. The van der Waals surface area contributed by atoms with E-state index in [4.69, 9.17) is 9.84 Å². The molecule has 0 aromatic carbocycles. The van der Waals surface area contributed by atoms with Crippen LogP contribution in [-0.2, 0) is 9.53 Å². The molecule has 1 aliphatic rings. The largest absolute Gasteiger partial charge is 0.480 e. The average Bonchev–Trinajstić information content (AvgIpc) is 2.80. The van der Waals surface area contributed by atoms with E-state index in [1.807, 2.05) is 0 Å². The van der Waals surface area contributed by atoms with E-state index in [1.54, 1.807) is 14.0 Å². The SMILES string of the molecule is CCC(C(=O)O)N(C)C(=O)N(C)CC1CCCO1. The number of hydrogen-bond acceptors (Lipinski definition) is 3. The summed E-state index contributed by atoms with van der Waals surface area (Å²) in [5, 5.41) is 9.02. The van der Waals surface area contributed by atoms with Gasteiger partial charge in [-0.1, -0.05) is 6.92 Å². The van der Waals surface area contributed by atoms with Crippen molar-refractivity contribution < 1.29 is 19.4 Å². The lowest BCUT2D eigenvalue weighted by Crippen LogP contribution is -2.49. The molecule has 2 unspecified atom stereocenters. The van der Waals surface area contributed by atoms with Gasteiger partial charge in [0.25, 0.3) is 0 Å². The number of nitrogens with zero attached hydrogens (tertiary/aromatic N) is 2. The van der Waals surface area contributed by atoms with Crippen LogP contribution in [0.4, 0.5) is 4.79 Å². The first kappa shape index (κ1) is 14.8. The van der Waals surface area contributed by atoms with Gasteiger partial charge >= 0.3 is 12.0 Å². The molecule has 2 amide bonds. The van der Waals surface area contributed by atoms with Gasteiger partial charge in [0.1, 0.15) is 6.04 Å². The number of carboxylic acids is 1. The Morgan fingerprint density at radius 3 is 2.56 bits per heavy atom. The molecule has 0 bridgehead atoms. The average molecular weight is 258 g/mol. The zero-order valence-electron chi connectivity index (χ0n) is 11.3. The van der Waals surface area contributed by atoms with Crippen molar-refractivity contribution in [2.75, 3.05) is 27.2 Å². The molecule has 1 saturated heterocycles. The Balaban J connectivity index is 2.53. The first-order valence-electron chi connectivity index (χ1n) is 6.29. The van der Waals surface area contributed by atoms with E-state index in [9.17, 15) is 9.59 Å². The van der Waals surface area contributed by atoms with Crippen molar-refractivity contribution in [3.05, 3.63) is 0 Å². The van der Waals surface area contributed by atoms with Crippen LogP contribution in [0.3, 0.4) is 0 Å². The first-order valence-corrected chi connectivity index (χ1v) is 6.29. The lowest BCUT2D eigenvalue weighted by Gasteiger charge is -2.30. The molecular weight excluding hydrogens is 236 g/mol. The second kappa shape index (κ2) is 6.58. The third-order valence-corrected chi connectivity index (χ3v) is 3.27. The Morgan fingerprint density at radius 1 is 1.44 bits per heavy atom. The van der Waals surface area contributed by atoms with Gasteiger partial charge < -0.3 is 19.6 Å². The van der Waals surface area contributed by atoms with Gasteiger partial charge in [-0.15, -0.1) is 0 Å². The topological polar surface area (TPSA) is 70.1 Å². The monoisotopic (exact) mass is 258 g/mol. The highest BCUT2D eigenvalue weighted by molar-refractivity contribution is 5.82. The van der Waals surface area contributed by atoms with Gasteiger partial charge in [-0.25, -0.2) is 9.59 Å². The van der Waals surface area contributed by atoms with Crippen LogP contribution in [0.2, 0.25) is 0 Å². The molecule has 6 nitrogen and oxygen atoms in total. The predicted octanol–water partition coefficient (Wildman–Crippen LogP) is 1.01. The number of carbonyl (C=O) groups excluding carboxylic acids is 1. The molecule has 6 heteroatoms. The second-order valence-corrected chi connectivity index (χ2v) is 4.67. The molecule has 1 N–H and O–H groups in total. The van der Waals surface area contributed by atoms with Gasteiger partial charge in [0.2, 0.25) is 0 Å². The van der Waals surface area contributed by atoms with Gasteiger partial charge in [0.05, 0.1) is 6.10 Å². The summed E-state index contributed by atoms with van der Waals surface area (Å²) in [5.74, 6) is -0.973. The van der Waals surface area contributed by atoms with E-state index in [2.05, 4.69) is 0 Å². The number of rotatable bonds is 5. The molecule has 0 aromatic heterocycles. The normalized spacial score (nSPS) is 20.5.